The van der Waals surface area contributed by atoms with Gasteiger partial charge in [-0.3, -0.25) is 4.98 Å². The average Bonchev–Trinajstić information content (AvgIpc) is 2.29. The molecule has 0 saturated carbocycles. The van der Waals surface area contributed by atoms with Gasteiger partial charge in [-0.25, -0.2) is 0 Å². The molecule has 3 nitrogen and oxygen atoms in total. The number of nitrogens with zero attached hydrogens (tertiary/aromatic N) is 1. The second-order valence-corrected chi connectivity index (χ2v) is 4.22. The first-order valence-corrected chi connectivity index (χ1v) is 5.62. The molecule has 0 radical (unpaired) electrons. The number of aromatic nitrogens is 1. The number of benzene rings is 1. The van der Waals surface area contributed by atoms with Crippen LogP contribution in [-0.2, 0) is 6.61 Å². The third kappa shape index (κ3) is 3.09. The molecule has 1 N–H and O–H groups in total. The van der Waals surface area contributed by atoms with E-state index >= 15 is 0 Å². The third-order valence-corrected chi connectivity index (χ3v) is 2.55. The Morgan fingerprint density at radius 3 is 2.65 bits per heavy atom. The first kappa shape index (κ1) is 12.2. The maximum Gasteiger partial charge on any atom is 0.147 e. The van der Waals surface area contributed by atoms with E-state index in [-0.39, 0.29) is 6.61 Å². The molecule has 0 unspecified atom stereocenters. The van der Waals surface area contributed by atoms with Crippen molar-refractivity contribution in [2.24, 2.45) is 0 Å². The highest BCUT2D eigenvalue weighted by atomic mass is 35.5. The van der Waals surface area contributed by atoms with Gasteiger partial charge < -0.3 is 9.84 Å². The average molecular weight is 270 g/mol. The van der Waals surface area contributed by atoms with E-state index in [1.165, 1.54) is 12.4 Å². The molecule has 0 amide bonds. The molecular weight excluding hydrogens is 261 g/mol. The summed E-state index contributed by atoms with van der Waals surface area (Å²) in [5.41, 5.74) is 0.648. The number of hydrogen-bond acceptors (Lipinski definition) is 3. The predicted octanol–water partition coefficient (Wildman–Crippen LogP) is 3.67. The summed E-state index contributed by atoms with van der Waals surface area (Å²) in [5.74, 6) is 0.985. The minimum atomic E-state index is -0.125. The van der Waals surface area contributed by atoms with Gasteiger partial charge in [0.25, 0.3) is 0 Å². The van der Waals surface area contributed by atoms with Crippen molar-refractivity contribution in [3.63, 3.8) is 0 Å². The summed E-state index contributed by atoms with van der Waals surface area (Å²) in [5, 5.41) is 10.2. The number of rotatable bonds is 3. The molecule has 0 aliphatic heterocycles. The smallest absolute Gasteiger partial charge is 0.147 e. The Kier molecular flexibility index (Phi) is 3.84. The summed E-state index contributed by atoms with van der Waals surface area (Å²) in [6.07, 6.45) is 3.05. The molecule has 0 saturated heterocycles. The maximum atomic E-state index is 9.18. The lowest BCUT2D eigenvalue weighted by molar-refractivity contribution is 0.276. The Balaban J connectivity index is 2.32. The van der Waals surface area contributed by atoms with Gasteiger partial charge in [-0.1, -0.05) is 29.3 Å². The minimum absolute atomic E-state index is 0.125. The zero-order valence-electron chi connectivity index (χ0n) is 8.73. The first-order valence-electron chi connectivity index (χ1n) is 4.87. The predicted molar refractivity (Wildman–Crippen MR) is 66.7 cm³/mol. The Labute approximate surface area is 109 Å². The zero-order valence-corrected chi connectivity index (χ0v) is 10.2. The SMILES string of the molecule is OCc1ccc(Cl)cc1Oc1cncc(Cl)c1. The highest BCUT2D eigenvalue weighted by Gasteiger charge is 2.06. The number of halogens is 2. The van der Waals surface area contributed by atoms with Crippen LogP contribution in [0.1, 0.15) is 5.56 Å². The van der Waals surface area contributed by atoms with Crippen LogP contribution >= 0.6 is 23.2 Å². The van der Waals surface area contributed by atoms with Crippen LogP contribution in [0.5, 0.6) is 11.5 Å². The molecule has 0 spiro atoms. The van der Waals surface area contributed by atoms with Crippen LogP contribution in [-0.4, -0.2) is 10.1 Å². The van der Waals surface area contributed by atoms with E-state index in [4.69, 9.17) is 27.9 Å². The lowest BCUT2D eigenvalue weighted by atomic mass is 10.2. The van der Waals surface area contributed by atoms with Gasteiger partial charge in [0.2, 0.25) is 0 Å². The Morgan fingerprint density at radius 1 is 1.12 bits per heavy atom. The van der Waals surface area contributed by atoms with Gasteiger partial charge in [0.05, 0.1) is 17.8 Å². The molecule has 5 heteroatoms. The highest BCUT2D eigenvalue weighted by Crippen LogP contribution is 2.29. The zero-order chi connectivity index (χ0) is 12.3. The molecule has 0 aliphatic rings. The van der Waals surface area contributed by atoms with Crippen LogP contribution < -0.4 is 4.74 Å². The quantitative estimate of drug-likeness (QED) is 0.925. The fourth-order valence-electron chi connectivity index (χ4n) is 1.33. The molecule has 2 rings (SSSR count). The van der Waals surface area contributed by atoms with Crippen molar-refractivity contribution < 1.29 is 9.84 Å². The molecule has 2 aromatic rings. The molecule has 0 atom stereocenters. The lowest BCUT2D eigenvalue weighted by Gasteiger charge is -2.09. The van der Waals surface area contributed by atoms with Crippen LogP contribution in [0.25, 0.3) is 0 Å². The number of aliphatic hydroxyl groups excluding tert-OH is 1. The normalized spacial score (nSPS) is 10.3. The summed E-state index contributed by atoms with van der Waals surface area (Å²) in [4.78, 5) is 3.91. The van der Waals surface area contributed by atoms with Crippen molar-refractivity contribution in [3.8, 4) is 11.5 Å². The molecular formula is C12H9Cl2NO2. The topological polar surface area (TPSA) is 42.4 Å². The van der Waals surface area contributed by atoms with Crippen LogP contribution in [0.15, 0.2) is 36.7 Å². The summed E-state index contributed by atoms with van der Waals surface area (Å²) < 4.78 is 5.57. The number of pyridine rings is 1. The van der Waals surface area contributed by atoms with Crippen LogP contribution in [0, 0.1) is 0 Å². The van der Waals surface area contributed by atoms with Gasteiger partial charge in [-0.05, 0) is 12.1 Å². The van der Waals surface area contributed by atoms with E-state index in [1.54, 1.807) is 24.3 Å². The van der Waals surface area contributed by atoms with Gasteiger partial charge in [0.15, 0.2) is 0 Å². The molecule has 0 fully saturated rings. The van der Waals surface area contributed by atoms with E-state index < -0.39 is 0 Å². The molecule has 88 valence electrons. The van der Waals surface area contributed by atoms with Crippen molar-refractivity contribution in [2.45, 2.75) is 6.61 Å². The van der Waals surface area contributed by atoms with Gasteiger partial charge in [-0.15, -0.1) is 0 Å². The minimum Gasteiger partial charge on any atom is -0.455 e. The molecule has 1 aromatic carbocycles. The molecule has 1 aromatic heterocycles. The van der Waals surface area contributed by atoms with Gasteiger partial charge in [0.1, 0.15) is 11.5 Å². The Morgan fingerprint density at radius 2 is 1.94 bits per heavy atom. The monoisotopic (exact) mass is 269 g/mol. The summed E-state index contributed by atoms with van der Waals surface area (Å²) >= 11 is 11.7. The van der Waals surface area contributed by atoms with Gasteiger partial charge in [-0.2, -0.15) is 0 Å². The molecule has 0 aliphatic carbocycles. The van der Waals surface area contributed by atoms with Crippen molar-refractivity contribution in [2.75, 3.05) is 0 Å². The van der Waals surface area contributed by atoms with E-state index in [1.807, 2.05) is 0 Å². The van der Waals surface area contributed by atoms with Crippen LogP contribution in [0.3, 0.4) is 0 Å². The third-order valence-electron chi connectivity index (χ3n) is 2.11. The Hall–Kier alpha value is -1.29. The summed E-state index contributed by atoms with van der Waals surface area (Å²) in [6, 6.07) is 6.66. The summed E-state index contributed by atoms with van der Waals surface area (Å²) in [6.45, 7) is -0.125. The van der Waals surface area contributed by atoms with Crippen molar-refractivity contribution in [1.82, 2.24) is 4.98 Å². The van der Waals surface area contributed by atoms with E-state index in [9.17, 15) is 5.11 Å². The standard InChI is InChI=1S/C12H9Cl2NO2/c13-9-2-1-8(7-16)12(4-9)17-11-3-10(14)5-15-6-11/h1-6,16H,7H2. The second kappa shape index (κ2) is 5.36. The number of aliphatic hydroxyl groups is 1. The molecule has 0 bridgehead atoms. The molecule has 1 heterocycles. The van der Waals surface area contributed by atoms with Crippen LogP contribution in [0.2, 0.25) is 10.0 Å². The second-order valence-electron chi connectivity index (χ2n) is 3.35. The van der Waals surface area contributed by atoms with Crippen molar-refractivity contribution in [1.29, 1.82) is 0 Å². The van der Waals surface area contributed by atoms with E-state index in [0.29, 0.717) is 27.1 Å². The maximum absolute atomic E-state index is 9.18. The van der Waals surface area contributed by atoms with Gasteiger partial charge >= 0.3 is 0 Å². The van der Waals surface area contributed by atoms with Crippen molar-refractivity contribution in [3.05, 3.63) is 52.3 Å². The van der Waals surface area contributed by atoms with Crippen molar-refractivity contribution >= 4 is 23.2 Å². The largest absolute Gasteiger partial charge is 0.455 e. The van der Waals surface area contributed by atoms with E-state index in [2.05, 4.69) is 4.98 Å². The first-order chi connectivity index (χ1) is 8.19. The molecule has 17 heavy (non-hydrogen) atoms. The fraction of sp³-hybridized carbons (Fsp3) is 0.0833. The lowest BCUT2D eigenvalue weighted by Crippen LogP contribution is -1.92. The number of ether oxygens (including phenoxy) is 1. The van der Waals surface area contributed by atoms with E-state index in [0.717, 1.165) is 0 Å². The van der Waals surface area contributed by atoms with Crippen LogP contribution in [0.4, 0.5) is 0 Å². The van der Waals surface area contributed by atoms with Gasteiger partial charge in [0, 0.05) is 22.8 Å². The Bertz CT molecular complexity index is 532. The summed E-state index contributed by atoms with van der Waals surface area (Å²) in [7, 11) is 0. The highest BCUT2D eigenvalue weighted by molar-refractivity contribution is 6.31. The fourth-order valence-corrected chi connectivity index (χ4v) is 1.66. The number of hydrogen-bond donors (Lipinski definition) is 1.